The molecule has 0 amide bonds. The van der Waals surface area contributed by atoms with Crippen molar-refractivity contribution in [3.05, 3.63) is 29.6 Å². The summed E-state index contributed by atoms with van der Waals surface area (Å²) < 4.78 is 12.6. The molecule has 0 unspecified atom stereocenters. The lowest BCUT2D eigenvalue weighted by Gasteiger charge is -2.04. The molecule has 72 valence electrons. The van der Waals surface area contributed by atoms with Crippen LogP contribution in [0.15, 0.2) is 18.2 Å². The molecule has 0 aliphatic heterocycles. The van der Waals surface area contributed by atoms with Gasteiger partial charge in [-0.1, -0.05) is 6.07 Å². The molecule has 0 bridgehead atoms. The molecule has 13 heavy (non-hydrogen) atoms. The van der Waals surface area contributed by atoms with Crippen LogP contribution in [-0.2, 0) is 6.42 Å². The molecule has 0 spiro atoms. The maximum Gasteiger partial charge on any atom is 0.125 e. The van der Waals surface area contributed by atoms with Gasteiger partial charge in [-0.2, -0.15) is 0 Å². The summed E-state index contributed by atoms with van der Waals surface area (Å²) in [6.07, 6.45) is 1.92. The number of nitrogens with one attached hydrogen (secondary N) is 1. The normalized spacial score (nSPS) is 10.3. The van der Waals surface area contributed by atoms with Crippen molar-refractivity contribution in [2.45, 2.75) is 12.8 Å². The highest BCUT2D eigenvalue weighted by molar-refractivity contribution is 5.46. The van der Waals surface area contributed by atoms with E-state index in [2.05, 4.69) is 5.32 Å². The third-order valence-electron chi connectivity index (χ3n) is 1.98. The zero-order valence-electron chi connectivity index (χ0n) is 7.81. The number of anilines is 1. The Morgan fingerprint density at radius 3 is 2.85 bits per heavy atom. The second-order valence-electron chi connectivity index (χ2n) is 3.05. The molecule has 0 saturated carbocycles. The van der Waals surface area contributed by atoms with Crippen LogP contribution in [0.1, 0.15) is 12.0 Å². The summed E-state index contributed by atoms with van der Waals surface area (Å²) in [6, 6.07) is 4.57. The summed E-state index contributed by atoms with van der Waals surface area (Å²) >= 11 is 0. The Morgan fingerprint density at radius 2 is 2.23 bits per heavy atom. The quantitative estimate of drug-likeness (QED) is 0.548. The highest BCUT2D eigenvalue weighted by Gasteiger charge is 1.99. The molecule has 0 heterocycles. The van der Waals surface area contributed by atoms with E-state index in [0.717, 1.165) is 24.9 Å². The Labute approximate surface area is 77.9 Å². The molecular formula is C10H15FN2. The van der Waals surface area contributed by atoms with Gasteiger partial charge in [0.05, 0.1) is 0 Å². The van der Waals surface area contributed by atoms with Gasteiger partial charge in [0.25, 0.3) is 0 Å². The zero-order valence-corrected chi connectivity index (χ0v) is 7.81. The summed E-state index contributed by atoms with van der Waals surface area (Å²) in [5.74, 6) is -0.269. The summed E-state index contributed by atoms with van der Waals surface area (Å²) in [6.45, 7) is 0.955. The van der Waals surface area contributed by atoms with Gasteiger partial charge < -0.3 is 11.1 Å². The fourth-order valence-corrected chi connectivity index (χ4v) is 1.25. The second kappa shape index (κ2) is 4.82. The number of aryl methyl sites for hydroxylation is 1. The van der Waals surface area contributed by atoms with E-state index in [1.54, 1.807) is 6.07 Å². The van der Waals surface area contributed by atoms with Crippen LogP contribution in [0, 0.1) is 5.82 Å². The molecule has 1 aromatic rings. The van der Waals surface area contributed by atoms with Crippen molar-refractivity contribution >= 4 is 5.69 Å². The molecule has 3 N–H and O–H groups in total. The molecule has 0 saturated heterocycles. The maximum absolute atomic E-state index is 12.6. The fourth-order valence-electron chi connectivity index (χ4n) is 1.25. The van der Waals surface area contributed by atoms with E-state index in [9.17, 15) is 4.39 Å². The predicted molar refractivity (Wildman–Crippen MR) is 53.1 cm³/mol. The minimum Gasteiger partial charge on any atom is -0.398 e. The Hall–Kier alpha value is -1.09. The monoisotopic (exact) mass is 182 g/mol. The summed E-state index contributed by atoms with van der Waals surface area (Å²) in [5, 5.41) is 3.05. The largest absolute Gasteiger partial charge is 0.398 e. The van der Waals surface area contributed by atoms with Gasteiger partial charge in [-0.3, -0.25) is 0 Å². The van der Waals surface area contributed by atoms with Crippen molar-refractivity contribution in [2.75, 3.05) is 19.3 Å². The van der Waals surface area contributed by atoms with Crippen LogP contribution in [-0.4, -0.2) is 13.6 Å². The van der Waals surface area contributed by atoms with Gasteiger partial charge in [0, 0.05) is 5.69 Å². The maximum atomic E-state index is 12.6. The lowest BCUT2D eigenvalue weighted by atomic mass is 10.1. The minimum atomic E-state index is -0.269. The van der Waals surface area contributed by atoms with Crippen molar-refractivity contribution in [3.8, 4) is 0 Å². The van der Waals surface area contributed by atoms with Crippen LogP contribution in [0.25, 0.3) is 0 Å². The van der Waals surface area contributed by atoms with Gasteiger partial charge in [-0.05, 0) is 44.1 Å². The first-order chi connectivity index (χ1) is 6.24. The Bertz CT molecular complexity index is 274. The molecule has 2 nitrogen and oxygen atoms in total. The van der Waals surface area contributed by atoms with Crippen LogP contribution in [0.3, 0.4) is 0 Å². The molecule has 3 heteroatoms. The molecule has 1 aromatic carbocycles. The number of rotatable bonds is 4. The molecule has 0 aliphatic rings. The topological polar surface area (TPSA) is 38.0 Å². The van der Waals surface area contributed by atoms with Crippen LogP contribution in [0.4, 0.5) is 10.1 Å². The van der Waals surface area contributed by atoms with Crippen molar-refractivity contribution in [1.29, 1.82) is 0 Å². The number of nitrogen functional groups attached to an aromatic ring is 1. The Morgan fingerprint density at radius 1 is 1.46 bits per heavy atom. The van der Waals surface area contributed by atoms with Gasteiger partial charge in [0.15, 0.2) is 0 Å². The summed E-state index contributed by atoms with van der Waals surface area (Å²) in [7, 11) is 1.91. The molecule has 0 radical (unpaired) electrons. The van der Waals surface area contributed by atoms with E-state index >= 15 is 0 Å². The molecule has 0 atom stereocenters. The van der Waals surface area contributed by atoms with E-state index in [-0.39, 0.29) is 5.82 Å². The molecule has 1 rings (SSSR count). The highest BCUT2D eigenvalue weighted by atomic mass is 19.1. The SMILES string of the molecule is CNCCCc1ccc(F)cc1N. The predicted octanol–water partition coefficient (Wildman–Crippen LogP) is 1.56. The first-order valence-electron chi connectivity index (χ1n) is 4.42. The van der Waals surface area contributed by atoms with Gasteiger partial charge in [-0.15, -0.1) is 0 Å². The van der Waals surface area contributed by atoms with E-state index in [1.807, 2.05) is 7.05 Å². The minimum absolute atomic E-state index is 0.269. The molecule has 0 fully saturated rings. The van der Waals surface area contributed by atoms with Crippen molar-refractivity contribution in [3.63, 3.8) is 0 Å². The summed E-state index contributed by atoms with van der Waals surface area (Å²) in [4.78, 5) is 0. The van der Waals surface area contributed by atoms with Gasteiger partial charge >= 0.3 is 0 Å². The number of hydrogen-bond acceptors (Lipinski definition) is 2. The fraction of sp³-hybridized carbons (Fsp3) is 0.400. The zero-order chi connectivity index (χ0) is 9.68. The number of nitrogens with two attached hydrogens (primary N) is 1. The summed E-state index contributed by atoms with van der Waals surface area (Å²) in [5.41, 5.74) is 7.22. The van der Waals surface area contributed by atoms with Crippen LogP contribution < -0.4 is 11.1 Å². The number of hydrogen-bond donors (Lipinski definition) is 2. The van der Waals surface area contributed by atoms with E-state index in [4.69, 9.17) is 5.73 Å². The van der Waals surface area contributed by atoms with Crippen molar-refractivity contribution < 1.29 is 4.39 Å². The van der Waals surface area contributed by atoms with Gasteiger partial charge in [0.1, 0.15) is 5.82 Å². The van der Waals surface area contributed by atoms with E-state index < -0.39 is 0 Å². The third kappa shape index (κ3) is 3.03. The van der Waals surface area contributed by atoms with E-state index in [0.29, 0.717) is 5.69 Å². The molecular weight excluding hydrogens is 167 g/mol. The van der Waals surface area contributed by atoms with Crippen LogP contribution in [0.2, 0.25) is 0 Å². The van der Waals surface area contributed by atoms with Gasteiger partial charge in [-0.25, -0.2) is 4.39 Å². The average molecular weight is 182 g/mol. The third-order valence-corrected chi connectivity index (χ3v) is 1.98. The van der Waals surface area contributed by atoms with Gasteiger partial charge in [0.2, 0.25) is 0 Å². The van der Waals surface area contributed by atoms with Crippen molar-refractivity contribution in [1.82, 2.24) is 5.32 Å². The first-order valence-corrected chi connectivity index (χ1v) is 4.42. The second-order valence-corrected chi connectivity index (χ2v) is 3.05. The van der Waals surface area contributed by atoms with Crippen molar-refractivity contribution in [2.24, 2.45) is 0 Å². The number of benzene rings is 1. The Balaban J connectivity index is 2.56. The highest BCUT2D eigenvalue weighted by Crippen LogP contribution is 2.14. The molecule has 0 aliphatic carbocycles. The average Bonchev–Trinajstić information content (AvgIpc) is 2.09. The van der Waals surface area contributed by atoms with E-state index in [1.165, 1.54) is 12.1 Å². The lowest BCUT2D eigenvalue weighted by Crippen LogP contribution is -2.09. The Kier molecular flexibility index (Phi) is 3.71. The first kappa shape index (κ1) is 9.99. The smallest absolute Gasteiger partial charge is 0.125 e. The number of halogens is 1. The van der Waals surface area contributed by atoms with Crippen LogP contribution in [0.5, 0.6) is 0 Å². The lowest BCUT2D eigenvalue weighted by molar-refractivity contribution is 0.627. The van der Waals surface area contributed by atoms with Crippen LogP contribution >= 0.6 is 0 Å². The molecule has 0 aromatic heterocycles. The standard InChI is InChI=1S/C10H15FN2/c1-13-6-2-3-8-4-5-9(11)7-10(8)12/h4-5,7,13H,2-3,6,12H2,1H3.